The molecule has 0 atom stereocenters. The van der Waals surface area contributed by atoms with E-state index >= 15 is 0 Å². The minimum atomic E-state index is -0.857. The number of imidazole rings is 1. The van der Waals surface area contributed by atoms with Gasteiger partial charge in [-0.3, -0.25) is 4.79 Å². The quantitative estimate of drug-likeness (QED) is 0.852. The lowest BCUT2D eigenvalue weighted by Gasteiger charge is -2.06. The Kier molecular flexibility index (Phi) is 2.60. The summed E-state index contributed by atoms with van der Waals surface area (Å²) in [6, 6.07) is 2.07. The van der Waals surface area contributed by atoms with Crippen LogP contribution >= 0.6 is 0 Å². The van der Waals surface area contributed by atoms with Gasteiger partial charge in [-0.15, -0.1) is 0 Å². The molecule has 5 heteroatoms. The maximum atomic E-state index is 10.6. The largest absolute Gasteiger partial charge is 0.481 e. The van der Waals surface area contributed by atoms with Gasteiger partial charge in [-0.05, 0) is 25.5 Å². The Morgan fingerprint density at radius 1 is 1.50 bits per heavy atom. The minimum Gasteiger partial charge on any atom is -0.481 e. The Hall–Kier alpha value is -1.91. The zero-order valence-electron chi connectivity index (χ0n) is 9.21. The number of hydrogen-bond donors (Lipinski definition) is 1. The molecule has 0 aliphatic heterocycles. The van der Waals surface area contributed by atoms with Crippen LogP contribution in [0.4, 0.5) is 0 Å². The van der Waals surface area contributed by atoms with Crippen molar-refractivity contribution in [2.24, 2.45) is 0 Å². The summed E-state index contributed by atoms with van der Waals surface area (Å²) in [6.45, 7) is 4.10. The van der Waals surface area contributed by atoms with Crippen LogP contribution < -0.4 is 0 Å². The van der Waals surface area contributed by atoms with Crippen molar-refractivity contribution in [3.63, 3.8) is 0 Å². The molecule has 84 valence electrons. The third-order valence-corrected chi connectivity index (χ3v) is 2.38. The number of aromatic nitrogens is 3. The Morgan fingerprint density at radius 3 is 2.88 bits per heavy atom. The average Bonchev–Trinajstić information content (AvgIpc) is 2.59. The molecule has 0 aliphatic carbocycles. The van der Waals surface area contributed by atoms with E-state index in [0.717, 1.165) is 11.2 Å². The van der Waals surface area contributed by atoms with E-state index in [-0.39, 0.29) is 6.42 Å². The predicted octanol–water partition coefficient (Wildman–Crippen LogP) is 1.64. The van der Waals surface area contributed by atoms with Crippen molar-refractivity contribution in [1.82, 2.24) is 14.5 Å². The lowest BCUT2D eigenvalue weighted by atomic mass is 10.2. The van der Waals surface area contributed by atoms with Gasteiger partial charge in [0.1, 0.15) is 5.52 Å². The summed E-state index contributed by atoms with van der Waals surface area (Å²) in [6.07, 6.45) is 3.31. The fourth-order valence-electron chi connectivity index (χ4n) is 1.61. The summed E-state index contributed by atoms with van der Waals surface area (Å²) in [5.74, 6) is -0.857. The van der Waals surface area contributed by atoms with Gasteiger partial charge < -0.3 is 9.67 Å². The molecule has 0 fully saturated rings. The molecule has 0 amide bonds. The van der Waals surface area contributed by atoms with E-state index in [4.69, 9.17) is 5.11 Å². The number of carboxylic acids is 1. The second-order valence-corrected chi connectivity index (χ2v) is 4.00. The van der Waals surface area contributed by atoms with Crippen LogP contribution in [0.3, 0.4) is 0 Å². The molecule has 2 rings (SSSR count). The van der Waals surface area contributed by atoms with Crippen LogP contribution in [0.15, 0.2) is 18.6 Å². The average molecular weight is 219 g/mol. The number of aliphatic carboxylic acids is 1. The zero-order chi connectivity index (χ0) is 11.7. The molecule has 0 aromatic carbocycles. The first-order chi connectivity index (χ1) is 7.58. The van der Waals surface area contributed by atoms with Crippen molar-refractivity contribution in [2.45, 2.75) is 26.3 Å². The molecule has 0 aliphatic rings. The second-order valence-electron chi connectivity index (χ2n) is 4.00. The van der Waals surface area contributed by atoms with Crippen molar-refractivity contribution in [1.29, 1.82) is 0 Å². The second kappa shape index (κ2) is 3.92. The predicted molar refractivity (Wildman–Crippen MR) is 59.3 cm³/mol. The number of carboxylic acid groups (broad SMARTS) is 1. The van der Waals surface area contributed by atoms with Crippen LogP contribution in [-0.2, 0) is 11.2 Å². The number of carbonyl (C=O) groups is 1. The molecule has 0 saturated carbocycles. The van der Waals surface area contributed by atoms with Gasteiger partial charge in [-0.1, -0.05) is 0 Å². The van der Waals surface area contributed by atoms with Crippen LogP contribution in [0.1, 0.15) is 25.5 Å². The van der Waals surface area contributed by atoms with Crippen molar-refractivity contribution < 1.29 is 9.90 Å². The van der Waals surface area contributed by atoms with Crippen LogP contribution in [0.25, 0.3) is 11.2 Å². The fraction of sp³-hybridized carbons (Fsp3) is 0.364. The van der Waals surface area contributed by atoms with E-state index in [1.165, 1.54) is 0 Å². The van der Waals surface area contributed by atoms with Gasteiger partial charge in [0.05, 0.1) is 12.7 Å². The summed E-state index contributed by atoms with van der Waals surface area (Å²) in [4.78, 5) is 19.0. The number of pyridine rings is 1. The summed E-state index contributed by atoms with van der Waals surface area (Å²) in [7, 11) is 0. The van der Waals surface area contributed by atoms with Crippen LogP contribution in [-0.4, -0.2) is 25.6 Å². The first-order valence-electron chi connectivity index (χ1n) is 5.11. The number of fused-ring (bicyclic) bond motifs is 1. The maximum Gasteiger partial charge on any atom is 0.307 e. The number of hydrogen-bond acceptors (Lipinski definition) is 3. The van der Waals surface area contributed by atoms with E-state index in [9.17, 15) is 4.79 Å². The molecule has 0 radical (unpaired) electrons. The van der Waals surface area contributed by atoms with Crippen molar-refractivity contribution in [3.8, 4) is 0 Å². The highest BCUT2D eigenvalue weighted by Gasteiger charge is 2.08. The standard InChI is InChI=1S/C11H13N3O2/c1-7(2)14-6-13-9-3-8(4-10(15)16)5-12-11(9)14/h3,5-7H,4H2,1-2H3,(H,15,16). The van der Waals surface area contributed by atoms with Gasteiger partial charge in [0.15, 0.2) is 5.65 Å². The first-order valence-corrected chi connectivity index (χ1v) is 5.11. The normalized spacial score (nSPS) is 11.2. The Balaban J connectivity index is 2.45. The fourth-order valence-corrected chi connectivity index (χ4v) is 1.61. The van der Waals surface area contributed by atoms with Gasteiger partial charge in [0.2, 0.25) is 0 Å². The van der Waals surface area contributed by atoms with Crippen molar-refractivity contribution >= 4 is 17.1 Å². The van der Waals surface area contributed by atoms with Gasteiger partial charge in [-0.25, -0.2) is 9.97 Å². The third kappa shape index (κ3) is 1.88. The maximum absolute atomic E-state index is 10.6. The highest BCUT2D eigenvalue weighted by atomic mass is 16.4. The van der Waals surface area contributed by atoms with Gasteiger partial charge in [-0.2, -0.15) is 0 Å². The molecule has 2 aromatic rings. The van der Waals surface area contributed by atoms with Gasteiger partial charge in [0.25, 0.3) is 0 Å². The molecule has 0 saturated heterocycles. The van der Waals surface area contributed by atoms with Gasteiger partial charge >= 0.3 is 5.97 Å². The van der Waals surface area contributed by atoms with Crippen LogP contribution in [0.2, 0.25) is 0 Å². The minimum absolute atomic E-state index is 0.0164. The molecule has 2 aromatic heterocycles. The Bertz CT molecular complexity index is 531. The number of rotatable bonds is 3. The molecule has 0 unspecified atom stereocenters. The number of nitrogens with zero attached hydrogens (tertiary/aromatic N) is 3. The Labute approximate surface area is 92.8 Å². The monoisotopic (exact) mass is 219 g/mol. The van der Waals surface area contributed by atoms with Crippen LogP contribution in [0, 0.1) is 0 Å². The van der Waals surface area contributed by atoms with Crippen LogP contribution in [0.5, 0.6) is 0 Å². The smallest absolute Gasteiger partial charge is 0.307 e. The highest BCUT2D eigenvalue weighted by Crippen LogP contribution is 2.16. The summed E-state index contributed by atoms with van der Waals surface area (Å²) in [5, 5.41) is 8.68. The highest BCUT2D eigenvalue weighted by molar-refractivity contribution is 5.75. The molecule has 0 bridgehead atoms. The van der Waals surface area contributed by atoms with E-state index in [0.29, 0.717) is 11.6 Å². The molecular weight excluding hydrogens is 206 g/mol. The van der Waals surface area contributed by atoms with E-state index in [1.54, 1.807) is 18.6 Å². The van der Waals surface area contributed by atoms with Crippen molar-refractivity contribution in [3.05, 3.63) is 24.2 Å². The summed E-state index contributed by atoms with van der Waals surface area (Å²) >= 11 is 0. The van der Waals surface area contributed by atoms with Gasteiger partial charge in [0, 0.05) is 12.2 Å². The molecule has 0 spiro atoms. The first kappa shape index (κ1) is 10.6. The SMILES string of the molecule is CC(C)n1cnc2cc(CC(=O)O)cnc21. The van der Waals surface area contributed by atoms with Crippen molar-refractivity contribution in [2.75, 3.05) is 0 Å². The topological polar surface area (TPSA) is 68.0 Å². The Morgan fingerprint density at radius 2 is 2.25 bits per heavy atom. The lowest BCUT2D eigenvalue weighted by molar-refractivity contribution is -0.136. The van der Waals surface area contributed by atoms with E-state index < -0.39 is 5.97 Å². The van der Waals surface area contributed by atoms with E-state index in [2.05, 4.69) is 9.97 Å². The summed E-state index contributed by atoms with van der Waals surface area (Å²) < 4.78 is 1.96. The molecular formula is C11H13N3O2. The molecule has 16 heavy (non-hydrogen) atoms. The lowest BCUT2D eigenvalue weighted by Crippen LogP contribution is -2.02. The van der Waals surface area contributed by atoms with E-state index in [1.807, 2.05) is 18.4 Å². The molecule has 1 N–H and O–H groups in total. The zero-order valence-corrected chi connectivity index (χ0v) is 9.21. The molecule has 2 heterocycles. The summed E-state index contributed by atoms with van der Waals surface area (Å²) in [5.41, 5.74) is 2.21. The third-order valence-electron chi connectivity index (χ3n) is 2.38. The molecule has 5 nitrogen and oxygen atoms in total.